The van der Waals surface area contributed by atoms with Gasteiger partial charge in [-0.25, -0.2) is 13.4 Å². The van der Waals surface area contributed by atoms with Crippen molar-refractivity contribution < 1.29 is 8.42 Å². The zero-order chi connectivity index (χ0) is 12.5. The van der Waals surface area contributed by atoms with Crippen molar-refractivity contribution in [3.05, 3.63) is 23.5 Å². The molecule has 1 aromatic rings. The van der Waals surface area contributed by atoms with Crippen LogP contribution in [0.15, 0.2) is 23.2 Å². The minimum atomic E-state index is -3.42. The Labute approximate surface area is 107 Å². The summed E-state index contributed by atoms with van der Waals surface area (Å²) in [5, 5.41) is 0.202. The quantitative estimate of drug-likeness (QED) is 0.773. The van der Waals surface area contributed by atoms with E-state index in [1.165, 1.54) is 22.6 Å². The van der Waals surface area contributed by atoms with Crippen LogP contribution in [0.25, 0.3) is 0 Å². The third-order valence-corrected chi connectivity index (χ3v) is 4.99. The fourth-order valence-electron chi connectivity index (χ4n) is 1.68. The highest BCUT2D eigenvalue weighted by molar-refractivity contribution is 7.89. The number of rotatable bonds is 5. The fraction of sp³-hybridized carbons (Fsp3) is 0.545. The first kappa shape index (κ1) is 12.8. The first-order chi connectivity index (χ1) is 8.04. The van der Waals surface area contributed by atoms with Gasteiger partial charge < -0.3 is 0 Å². The van der Waals surface area contributed by atoms with E-state index >= 15 is 0 Å². The monoisotopic (exact) mass is 274 g/mol. The highest BCUT2D eigenvalue weighted by atomic mass is 35.5. The summed E-state index contributed by atoms with van der Waals surface area (Å²) in [6.07, 6.45) is 3.67. The van der Waals surface area contributed by atoms with Crippen molar-refractivity contribution >= 4 is 21.6 Å². The Morgan fingerprint density at radius 1 is 1.53 bits per heavy atom. The summed E-state index contributed by atoms with van der Waals surface area (Å²) >= 11 is 5.72. The van der Waals surface area contributed by atoms with Crippen LogP contribution < -0.4 is 0 Å². The summed E-state index contributed by atoms with van der Waals surface area (Å²) in [6, 6.07) is 2.88. The zero-order valence-corrected chi connectivity index (χ0v) is 11.2. The molecule has 1 saturated carbocycles. The standard InChI is InChI=1S/C11H15ClN2O2S/c1-2-14(8-9-3-4-9)17(15,16)10-5-6-13-11(12)7-10/h5-7,9H,2-4,8H2,1H3. The van der Waals surface area contributed by atoms with Gasteiger partial charge in [0.2, 0.25) is 10.0 Å². The third kappa shape index (κ3) is 2.97. The van der Waals surface area contributed by atoms with Crippen molar-refractivity contribution in [2.75, 3.05) is 13.1 Å². The molecule has 0 atom stereocenters. The number of halogens is 1. The van der Waals surface area contributed by atoms with E-state index in [0.717, 1.165) is 12.8 Å². The molecule has 0 unspecified atom stereocenters. The Morgan fingerprint density at radius 2 is 2.24 bits per heavy atom. The molecule has 1 heterocycles. The van der Waals surface area contributed by atoms with Crippen molar-refractivity contribution in [1.29, 1.82) is 0 Å². The lowest BCUT2D eigenvalue weighted by molar-refractivity contribution is 0.412. The molecule has 1 fully saturated rings. The molecule has 0 radical (unpaired) electrons. The van der Waals surface area contributed by atoms with Gasteiger partial charge in [0, 0.05) is 19.3 Å². The van der Waals surface area contributed by atoms with E-state index in [9.17, 15) is 8.42 Å². The Balaban J connectivity index is 2.26. The number of hydrogen-bond donors (Lipinski definition) is 0. The summed E-state index contributed by atoms with van der Waals surface area (Å²) in [7, 11) is -3.42. The smallest absolute Gasteiger partial charge is 0.243 e. The predicted molar refractivity (Wildman–Crippen MR) is 66.4 cm³/mol. The Morgan fingerprint density at radius 3 is 2.76 bits per heavy atom. The molecule has 1 aliphatic rings. The number of sulfonamides is 1. The molecule has 94 valence electrons. The van der Waals surface area contributed by atoms with Crippen LogP contribution in [0.4, 0.5) is 0 Å². The molecular weight excluding hydrogens is 260 g/mol. The van der Waals surface area contributed by atoms with Crippen LogP contribution in [-0.4, -0.2) is 30.8 Å². The lowest BCUT2D eigenvalue weighted by atomic mass is 10.4. The van der Waals surface area contributed by atoms with Crippen LogP contribution in [0, 0.1) is 5.92 Å². The van der Waals surface area contributed by atoms with Gasteiger partial charge in [0.25, 0.3) is 0 Å². The molecular formula is C11H15ClN2O2S. The Bertz CT molecular complexity index is 500. The van der Waals surface area contributed by atoms with E-state index in [1.54, 1.807) is 0 Å². The molecule has 0 saturated heterocycles. The first-order valence-electron chi connectivity index (χ1n) is 5.65. The molecule has 2 rings (SSSR count). The second-order valence-electron chi connectivity index (χ2n) is 4.21. The maximum atomic E-state index is 12.3. The number of hydrogen-bond acceptors (Lipinski definition) is 3. The van der Waals surface area contributed by atoms with Crippen LogP contribution in [-0.2, 0) is 10.0 Å². The van der Waals surface area contributed by atoms with Crippen LogP contribution in [0.5, 0.6) is 0 Å². The van der Waals surface area contributed by atoms with Crippen molar-refractivity contribution in [3.63, 3.8) is 0 Å². The van der Waals surface area contributed by atoms with Gasteiger partial charge in [0.05, 0.1) is 4.90 Å². The van der Waals surface area contributed by atoms with Gasteiger partial charge in [-0.2, -0.15) is 4.31 Å². The molecule has 0 amide bonds. The Kier molecular flexibility index (Phi) is 3.70. The molecule has 0 spiro atoms. The average Bonchev–Trinajstić information content (AvgIpc) is 3.09. The number of nitrogens with zero attached hydrogens (tertiary/aromatic N) is 2. The fourth-order valence-corrected chi connectivity index (χ4v) is 3.46. The third-order valence-electron chi connectivity index (χ3n) is 2.85. The molecule has 0 bridgehead atoms. The van der Waals surface area contributed by atoms with Crippen LogP contribution in [0.1, 0.15) is 19.8 Å². The summed E-state index contributed by atoms with van der Waals surface area (Å²) in [4.78, 5) is 4.02. The predicted octanol–water partition coefficient (Wildman–Crippen LogP) is 2.16. The second-order valence-corrected chi connectivity index (χ2v) is 6.54. The van der Waals surface area contributed by atoms with Gasteiger partial charge in [-0.1, -0.05) is 18.5 Å². The molecule has 1 aliphatic carbocycles. The van der Waals surface area contributed by atoms with Crippen molar-refractivity contribution in [1.82, 2.24) is 9.29 Å². The van der Waals surface area contributed by atoms with E-state index in [1.807, 2.05) is 6.92 Å². The lowest BCUT2D eigenvalue weighted by Crippen LogP contribution is -2.32. The van der Waals surface area contributed by atoms with Gasteiger partial charge in [-0.15, -0.1) is 0 Å². The minimum absolute atomic E-state index is 0.202. The maximum Gasteiger partial charge on any atom is 0.243 e. The van der Waals surface area contributed by atoms with Crippen LogP contribution in [0.3, 0.4) is 0 Å². The van der Waals surface area contributed by atoms with E-state index in [-0.39, 0.29) is 10.0 Å². The van der Waals surface area contributed by atoms with Gasteiger partial charge >= 0.3 is 0 Å². The van der Waals surface area contributed by atoms with Gasteiger partial charge in [-0.3, -0.25) is 0 Å². The van der Waals surface area contributed by atoms with Crippen molar-refractivity contribution in [2.45, 2.75) is 24.7 Å². The van der Waals surface area contributed by atoms with Crippen molar-refractivity contribution in [3.8, 4) is 0 Å². The van der Waals surface area contributed by atoms with Gasteiger partial charge in [-0.05, 0) is 30.9 Å². The highest BCUT2D eigenvalue weighted by Gasteiger charge is 2.30. The zero-order valence-electron chi connectivity index (χ0n) is 9.63. The normalized spacial score (nSPS) is 16.4. The summed E-state index contributed by atoms with van der Waals surface area (Å²) < 4.78 is 26.1. The van der Waals surface area contributed by atoms with E-state index < -0.39 is 10.0 Å². The summed E-state index contributed by atoms with van der Waals surface area (Å²) in [6.45, 7) is 2.94. The highest BCUT2D eigenvalue weighted by Crippen LogP contribution is 2.31. The first-order valence-corrected chi connectivity index (χ1v) is 7.47. The van der Waals surface area contributed by atoms with Crippen molar-refractivity contribution in [2.24, 2.45) is 5.92 Å². The van der Waals surface area contributed by atoms with E-state index in [0.29, 0.717) is 19.0 Å². The molecule has 4 nitrogen and oxygen atoms in total. The number of pyridine rings is 1. The van der Waals surface area contributed by atoms with E-state index in [2.05, 4.69) is 4.98 Å². The minimum Gasteiger partial charge on any atom is -0.244 e. The SMILES string of the molecule is CCN(CC1CC1)S(=O)(=O)c1ccnc(Cl)c1. The topological polar surface area (TPSA) is 50.3 Å². The largest absolute Gasteiger partial charge is 0.244 e. The molecule has 17 heavy (non-hydrogen) atoms. The van der Waals surface area contributed by atoms with Crippen LogP contribution in [0.2, 0.25) is 5.15 Å². The van der Waals surface area contributed by atoms with Gasteiger partial charge in [0.1, 0.15) is 5.15 Å². The number of aromatic nitrogens is 1. The lowest BCUT2D eigenvalue weighted by Gasteiger charge is -2.20. The summed E-state index contributed by atoms with van der Waals surface area (Å²) in [5.41, 5.74) is 0. The Hall–Kier alpha value is -0.650. The van der Waals surface area contributed by atoms with Crippen LogP contribution >= 0.6 is 11.6 Å². The maximum absolute atomic E-state index is 12.3. The summed E-state index contributed by atoms with van der Waals surface area (Å²) in [5.74, 6) is 0.530. The molecule has 0 N–H and O–H groups in total. The van der Waals surface area contributed by atoms with E-state index in [4.69, 9.17) is 11.6 Å². The molecule has 6 heteroatoms. The molecule has 1 aromatic heterocycles. The van der Waals surface area contributed by atoms with Gasteiger partial charge in [0.15, 0.2) is 0 Å². The molecule has 0 aliphatic heterocycles. The molecule has 0 aromatic carbocycles. The second kappa shape index (κ2) is 4.92. The average molecular weight is 275 g/mol.